The van der Waals surface area contributed by atoms with Crippen molar-refractivity contribution in [3.8, 4) is 0 Å². The van der Waals surface area contributed by atoms with Gasteiger partial charge in [-0.2, -0.15) is 0 Å². The number of hydrogen-bond acceptors (Lipinski definition) is 5. The van der Waals surface area contributed by atoms with Gasteiger partial charge in [0.15, 0.2) is 6.61 Å². The minimum absolute atomic E-state index is 0.111. The number of nitrogens with zero attached hydrogens (tertiary/aromatic N) is 1. The second-order valence-corrected chi connectivity index (χ2v) is 7.45. The van der Waals surface area contributed by atoms with Crippen LogP contribution in [0, 0.1) is 0 Å². The molecule has 1 aliphatic carbocycles. The highest BCUT2D eigenvalue weighted by molar-refractivity contribution is 7.14. The summed E-state index contributed by atoms with van der Waals surface area (Å²) in [5.41, 5.74) is 2.29. The largest absolute Gasteiger partial charge is 0.451 e. The third-order valence-corrected chi connectivity index (χ3v) is 5.32. The highest BCUT2D eigenvalue weighted by atomic mass is 32.1. The maximum Gasteiger partial charge on any atom is 0.348 e. The van der Waals surface area contributed by atoms with Crippen LogP contribution in [0.25, 0.3) is 0 Å². The quantitative estimate of drug-likeness (QED) is 0.819. The van der Waals surface area contributed by atoms with Gasteiger partial charge in [-0.1, -0.05) is 0 Å². The molecule has 6 nitrogen and oxygen atoms in total. The van der Waals surface area contributed by atoms with E-state index >= 15 is 0 Å². The number of carbonyl (C=O) groups excluding carboxylic acids is 3. The second kappa shape index (κ2) is 7.70. The Kier molecular flexibility index (Phi) is 5.37. The van der Waals surface area contributed by atoms with Gasteiger partial charge in [0.1, 0.15) is 4.88 Å². The number of ether oxygens (including phenoxy) is 1. The minimum atomic E-state index is -0.466. The standard InChI is InChI=1S/C19H20N2O4S/c1-21(2)18(23)12-6-8-14(9-7-12)20-17(22)11-25-19(24)16-10-13-4-3-5-15(13)26-16/h6-10H,3-5,11H2,1-2H3,(H,20,22). The van der Waals surface area contributed by atoms with E-state index in [4.69, 9.17) is 4.74 Å². The fraction of sp³-hybridized carbons (Fsp3) is 0.316. The van der Waals surface area contributed by atoms with Crippen molar-refractivity contribution < 1.29 is 19.1 Å². The van der Waals surface area contributed by atoms with Gasteiger partial charge in [0.05, 0.1) is 0 Å². The Bertz CT molecular complexity index is 818. The van der Waals surface area contributed by atoms with Crippen LogP contribution in [0.1, 0.15) is 36.9 Å². The molecule has 7 heteroatoms. The lowest BCUT2D eigenvalue weighted by Gasteiger charge is -2.11. The number of fused-ring (bicyclic) bond motifs is 1. The van der Waals surface area contributed by atoms with Gasteiger partial charge in [0, 0.05) is 30.2 Å². The predicted octanol–water partition coefficient (Wildman–Crippen LogP) is 2.73. The van der Waals surface area contributed by atoms with Crippen LogP contribution in [0.4, 0.5) is 5.69 Å². The molecule has 0 fully saturated rings. The number of nitrogens with one attached hydrogen (secondary N) is 1. The number of aryl methyl sites for hydroxylation is 2. The Labute approximate surface area is 155 Å². The van der Waals surface area contributed by atoms with Gasteiger partial charge in [-0.25, -0.2) is 4.79 Å². The Hall–Kier alpha value is -2.67. The molecule has 0 saturated heterocycles. The van der Waals surface area contributed by atoms with Crippen molar-refractivity contribution in [2.24, 2.45) is 0 Å². The average Bonchev–Trinajstić information content (AvgIpc) is 3.21. The van der Waals surface area contributed by atoms with E-state index in [0.717, 1.165) is 19.3 Å². The summed E-state index contributed by atoms with van der Waals surface area (Å²) in [6, 6.07) is 8.42. The number of thiophene rings is 1. The molecule has 0 atom stereocenters. The van der Waals surface area contributed by atoms with E-state index in [1.165, 1.54) is 26.7 Å². The number of carbonyl (C=O) groups is 3. The summed E-state index contributed by atoms with van der Waals surface area (Å²) >= 11 is 1.45. The topological polar surface area (TPSA) is 75.7 Å². The van der Waals surface area contributed by atoms with Gasteiger partial charge in [-0.05, 0) is 55.2 Å². The van der Waals surface area contributed by atoms with Crippen molar-refractivity contribution in [3.63, 3.8) is 0 Å². The molecule has 1 aromatic heterocycles. The monoisotopic (exact) mass is 372 g/mol. The zero-order chi connectivity index (χ0) is 18.7. The van der Waals surface area contributed by atoms with Crippen LogP contribution in [0.3, 0.4) is 0 Å². The Morgan fingerprint density at radius 3 is 2.54 bits per heavy atom. The first-order valence-electron chi connectivity index (χ1n) is 8.34. The minimum Gasteiger partial charge on any atom is -0.451 e. The molecule has 2 amide bonds. The second-order valence-electron chi connectivity index (χ2n) is 6.31. The Balaban J connectivity index is 1.50. The smallest absolute Gasteiger partial charge is 0.348 e. The van der Waals surface area contributed by atoms with Crippen LogP contribution >= 0.6 is 11.3 Å². The van der Waals surface area contributed by atoms with Gasteiger partial charge in [0.2, 0.25) is 0 Å². The van der Waals surface area contributed by atoms with Crippen molar-refractivity contribution in [1.82, 2.24) is 4.90 Å². The van der Waals surface area contributed by atoms with Crippen LogP contribution in [-0.4, -0.2) is 43.4 Å². The van der Waals surface area contributed by atoms with Gasteiger partial charge in [0.25, 0.3) is 11.8 Å². The molecular weight excluding hydrogens is 352 g/mol. The third-order valence-electron chi connectivity index (χ3n) is 4.10. The van der Waals surface area contributed by atoms with Crippen molar-refractivity contribution >= 4 is 34.8 Å². The highest BCUT2D eigenvalue weighted by Crippen LogP contribution is 2.30. The van der Waals surface area contributed by atoms with E-state index in [-0.39, 0.29) is 12.5 Å². The summed E-state index contributed by atoms with van der Waals surface area (Å²) in [4.78, 5) is 39.1. The molecule has 0 radical (unpaired) electrons. The molecule has 0 spiro atoms. The molecule has 136 valence electrons. The number of rotatable bonds is 5. The number of esters is 1. The summed E-state index contributed by atoms with van der Waals surface area (Å²) < 4.78 is 5.09. The fourth-order valence-corrected chi connectivity index (χ4v) is 3.93. The van der Waals surface area contributed by atoms with E-state index in [1.54, 1.807) is 38.4 Å². The zero-order valence-corrected chi connectivity index (χ0v) is 15.5. The lowest BCUT2D eigenvalue weighted by atomic mass is 10.2. The normalized spacial score (nSPS) is 12.4. The molecule has 3 rings (SSSR count). The molecular formula is C19H20N2O4S. The van der Waals surface area contributed by atoms with E-state index in [9.17, 15) is 14.4 Å². The van der Waals surface area contributed by atoms with Crippen LogP contribution in [0.15, 0.2) is 30.3 Å². The summed E-state index contributed by atoms with van der Waals surface area (Å²) in [6.07, 6.45) is 3.16. The van der Waals surface area contributed by atoms with E-state index < -0.39 is 11.9 Å². The first kappa shape index (κ1) is 18.1. The Morgan fingerprint density at radius 1 is 1.15 bits per heavy atom. The zero-order valence-electron chi connectivity index (χ0n) is 14.7. The SMILES string of the molecule is CN(C)C(=O)c1ccc(NC(=O)COC(=O)c2cc3c(s2)CCC3)cc1. The lowest BCUT2D eigenvalue weighted by molar-refractivity contribution is -0.119. The summed E-state index contributed by atoms with van der Waals surface area (Å²) in [7, 11) is 3.35. The molecule has 1 N–H and O–H groups in total. The van der Waals surface area contributed by atoms with Crippen molar-refractivity contribution in [1.29, 1.82) is 0 Å². The van der Waals surface area contributed by atoms with Crippen LogP contribution in [0.5, 0.6) is 0 Å². The Morgan fingerprint density at radius 2 is 1.88 bits per heavy atom. The molecule has 0 unspecified atom stereocenters. The van der Waals surface area contributed by atoms with Crippen molar-refractivity contribution in [2.45, 2.75) is 19.3 Å². The third kappa shape index (κ3) is 4.11. The lowest BCUT2D eigenvalue weighted by Crippen LogP contribution is -2.22. The first-order chi connectivity index (χ1) is 12.4. The van der Waals surface area contributed by atoms with Crippen LogP contribution in [0.2, 0.25) is 0 Å². The van der Waals surface area contributed by atoms with Crippen molar-refractivity contribution in [3.05, 3.63) is 51.2 Å². The molecule has 26 heavy (non-hydrogen) atoms. The van der Waals surface area contributed by atoms with E-state index in [2.05, 4.69) is 5.32 Å². The molecule has 0 saturated carbocycles. The van der Waals surface area contributed by atoms with E-state index in [0.29, 0.717) is 16.1 Å². The van der Waals surface area contributed by atoms with Gasteiger partial charge in [-0.15, -0.1) is 11.3 Å². The summed E-state index contributed by atoms with van der Waals surface area (Å²) in [6.45, 7) is -0.347. The molecule has 1 aromatic carbocycles. The van der Waals surface area contributed by atoms with E-state index in [1.807, 2.05) is 6.07 Å². The van der Waals surface area contributed by atoms with Crippen LogP contribution in [-0.2, 0) is 22.4 Å². The van der Waals surface area contributed by atoms with Crippen LogP contribution < -0.4 is 5.32 Å². The summed E-state index contributed by atoms with van der Waals surface area (Å²) in [5.74, 6) is -1.000. The predicted molar refractivity (Wildman–Crippen MR) is 99.7 cm³/mol. The number of amides is 2. The number of benzene rings is 1. The molecule has 2 aromatic rings. The molecule has 1 heterocycles. The maximum absolute atomic E-state index is 12.1. The summed E-state index contributed by atoms with van der Waals surface area (Å²) in [5, 5.41) is 2.65. The molecule has 0 aliphatic heterocycles. The average molecular weight is 372 g/mol. The fourth-order valence-electron chi connectivity index (χ4n) is 2.78. The number of hydrogen-bond donors (Lipinski definition) is 1. The van der Waals surface area contributed by atoms with Gasteiger partial charge < -0.3 is 15.0 Å². The van der Waals surface area contributed by atoms with Gasteiger partial charge in [-0.3, -0.25) is 9.59 Å². The highest BCUT2D eigenvalue weighted by Gasteiger charge is 2.20. The molecule has 0 bridgehead atoms. The molecule has 1 aliphatic rings. The number of anilines is 1. The first-order valence-corrected chi connectivity index (χ1v) is 9.16. The van der Waals surface area contributed by atoms with Gasteiger partial charge >= 0.3 is 5.97 Å². The van der Waals surface area contributed by atoms with Crippen molar-refractivity contribution in [2.75, 3.05) is 26.0 Å². The maximum atomic E-state index is 12.1.